The van der Waals surface area contributed by atoms with Crippen LogP contribution in [0.15, 0.2) is 83.4 Å². The zero-order valence-corrected chi connectivity index (χ0v) is 19.3. The van der Waals surface area contributed by atoms with Gasteiger partial charge >= 0.3 is 0 Å². The van der Waals surface area contributed by atoms with Crippen LogP contribution in [0, 0.1) is 0 Å². The summed E-state index contributed by atoms with van der Waals surface area (Å²) in [5, 5.41) is 10.4. The molecule has 0 atom stereocenters. The molecule has 0 radical (unpaired) electrons. The van der Waals surface area contributed by atoms with Crippen LogP contribution in [-0.4, -0.2) is 34.5 Å². The number of benzene rings is 3. The molecule has 3 rings (SSSR count). The number of nitrogens with two attached hydrogens (primary N) is 1. The van der Waals surface area contributed by atoms with E-state index >= 15 is 0 Å². The van der Waals surface area contributed by atoms with Crippen LogP contribution in [0.1, 0.15) is 15.9 Å². The fraction of sp³-hybridized carbons (Fsp3) is 0.0833. The van der Waals surface area contributed by atoms with E-state index in [1.54, 1.807) is 48.5 Å². The van der Waals surface area contributed by atoms with Crippen molar-refractivity contribution in [3.8, 4) is 11.5 Å². The van der Waals surface area contributed by atoms with Crippen molar-refractivity contribution in [1.82, 2.24) is 5.32 Å². The van der Waals surface area contributed by atoms with E-state index in [0.29, 0.717) is 28.3 Å². The fourth-order valence-electron chi connectivity index (χ4n) is 2.98. The molecular weight excluding hydrogens is 458 g/mol. The van der Waals surface area contributed by atoms with Crippen molar-refractivity contribution in [2.24, 2.45) is 5.14 Å². The first kappa shape index (κ1) is 24.5. The van der Waals surface area contributed by atoms with Crippen LogP contribution in [0.5, 0.6) is 11.5 Å². The SMILES string of the molecule is COc1ccc(/C=C(\NC(=O)c2ccccc2)C(=O)Nc2ccc(S(N)(=O)=O)cc2)cc1OC. The standard InChI is InChI=1S/C24H23N3O6S/c1-32-21-13-8-16(15-22(21)33-2)14-20(27-23(28)17-6-4-3-5-7-17)24(29)26-18-9-11-19(12-10-18)34(25,30)31/h3-15H,1-2H3,(H,26,29)(H,27,28)(H2,25,30,31)/b20-14-. The van der Waals surface area contributed by atoms with E-state index in [1.807, 2.05) is 0 Å². The first-order valence-corrected chi connectivity index (χ1v) is 11.5. The molecule has 0 aliphatic rings. The Bertz CT molecular complexity index is 1320. The monoisotopic (exact) mass is 481 g/mol. The highest BCUT2D eigenvalue weighted by Crippen LogP contribution is 2.28. The van der Waals surface area contributed by atoms with Gasteiger partial charge in [0, 0.05) is 11.3 Å². The van der Waals surface area contributed by atoms with Crippen molar-refractivity contribution in [2.45, 2.75) is 4.90 Å². The van der Waals surface area contributed by atoms with Crippen molar-refractivity contribution in [2.75, 3.05) is 19.5 Å². The molecule has 0 aliphatic carbocycles. The second-order valence-electron chi connectivity index (χ2n) is 7.02. The smallest absolute Gasteiger partial charge is 0.272 e. The lowest BCUT2D eigenvalue weighted by molar-refractivity contribution is -0.113. The van der Waals surface area contributed by atoms with Gasteiger partial charge in [0.25, 0.3) is 11.8 Å². The van der Waals surface area contributed by atoms with Gasteiger partial charge in [0.2, 0.25) is 10.0 Å². The van der Waals surface area contributed by atoms with Gasteiger partial charge in [-0.25, -0.2) is 13.6 Å². The first-order valence-electron chi connectivity index (χ1n) is 9.95. The second kappa shape index (κ2) is 10.6. The maximum Gasteiger partial charge on any atom is 0.272 e. The number of hydrogen-bond acceptors (Lipinski definition) is 6. The maximum absolute atomic E-state index is 13.1. The van der Waals surface area contributed by atoms with Gasteiger partial charge in [0.15, 0.2) is 11.5 Å². The first-order chi connectivity index (χ1) is 16.2. The minimum absolute atomic E-state index is 0.0448. The van der Waals surface area contributed by atoms with Crippen LogP contribution in [0.4, 0.5) is 5.69 Å². The Morgan fingerprint density at radius 3 is 2.12 bits per heavy atom. The molecule has 0 aliphatic heterocycles. The molecule has 2 amide bonds. The van der Waals surface area contributed by atoms with Crippen LogP contribution in [0.3, 0.4) is 0 Å². The number of carbonyl (C=O) groups is 2. The summed E-state index contributed by atoms with van der Waals surface area (Å²) in [6.45, 7) is 0. The van der Waals surface area contributed by atoms with E-state index in [-0.39, 0.29) is 10.6 Å². The largest absolute Gasteiger partial charge is 0.493 e. The van der Waals surface area contributed by atoms with Gasteiger partial charge in [-0.3, -0.25) is 9.59 Å². The maximum atomic E-state index is 13.1. The second-order valence-corrected chi connectivity index (χ2v) is 8.58. The number of sulfonamides is 1. The van der Waals surface area contributed by atoms with Crippen LogP contribution in [0.25, 0.3) is 6.08 Å². The van der Waals surface area contributed by atoms with Gasteiger partial charge < -0.3 is 20.1 Å². The molecule has 0 heterocycles. The van der Waals surface area contributed by atoms with Crippen molar-refractivity contribution in [3.05, 3.63) is 89.6 Å². The van der Waals surface area contributed by atoms with Crippen molar-refractivity contribution in [1.29, 1.82) is 0 Å². The van der Waals surface area contributed by atoms with E-state index in [1.165, 1.54) is 44.6 Å². The quantitative estimate of drug-likeness (QED) is 0.423. The molecule has 0 bridgehead atoms. The van der Waals surface area contributed by atoms with Crippen LogP contribution < -0.4 is 25.2 Å². The molecule has 0 saturated heterocycles. The van der Waals surface area contributed by atoms with Crippen LogP contribution in [0.2, 0.25) is 0 Å². The van der Waals surface area contributed by atoms with Crippen molar-refractivity contribution >= 4 is 33.6 Å². The average Bonchev–Trinajstić information content (AvgIpc) is 2.83. The fourth-order valence-corrected chi connectivity index (χ4v) is 3.49. The van der Waals surface area contributed by atoms with Gasteiger partial charge in [-0.2, -0.15) is 0 Å². The lowest BCUT2D eigenvalue weighted by Gasteiger charge is -2.13. The minimum atomic E-state index is -3.87. The number of carbonyl (C=O) groups excluding carboxylic acids is 2. The van der Waals surface area contributed by atoms with Crippen LogP contribution >= 0.6 is 0 Å². The summed E-state index contributed by atoms with van der Waals surface area (Å²) in [5.74, 6) is -0.146. The highest BCUT2D eigenvalue weighted by atomic mass is 32.2. The Hall–Kier alpha value is -4.15. The molecule has 0 fully saturated rings. The van der Waals surface area contributed by atoms with E-state index in [2.05, 4.69) is 10.6 Å². The molecule has 0 saturated carbocycles. The third kappa shape index (κ3) is 6.21. The van der Waals surface area contributed by atoms with E-state index < -0.39 is 21.8 Å². The van der Waals surface area contributed by atoms with Crippen LogP contribution in [-0.2, 0) is 14.8 Å². The minimum Gasteiger partial charge on any atom is -0.493 e. The zero-order chi connectivity index (χ0) is 24.7. The average molecular weight is 482 g/mol. The van der Waals surface area contributed by atoms with Gasteiger partial charge in [-0.05, 0) is 60.2 Å². The third-order valence-electron chi connectivity index (χ3n) is 4.69. The summed E-state index contributed by atoms with van der Waals surface area (Å²) < 4.78 is 33.4. The Morgan fingerprint density at radius 1 is 0.882 bits per heavy atom. The normalized spacial score (nSPS) is 11.4. The number of hydrogen-bond donors (Lipinski definition) is 3. The van der Waals surface area contributed by atoms with Gasteiger partial charge in [-0.1, -0.05) is 24.3 Å². The van der Waals surface area contributed by atoms with Gasteiger partial charge in [0.05, 0.1) is 19.1 Å². The van der Waals surface area contributed by atoms with E-state index in [9.17, 15) is 18.0 Å². The molecular formula is C24H23N3O6S. The molecule has 0 aromatic heterocycles. The topological polar surface area (TPSA) is 137 Å². The number of methoxy groups -OCH3 is 2. The number of rotatable bonds is 8. The summed E-state index contributed by atoms with van der Waals surface area (Å²) in [5.41, 5.74) is 1.20. The number of ether oxygens (including phenoxy) is 2. The molecule has 9 nitrogen and oxygen atoms in total. The molecule has 176 valence electrons. The molecule has 34 heavy (non-hydrogen) atoms. The van der Waals surface area contributed by atoms with Gasteiger partial charge in [-0.15, -0.1) is 0 Å². The van der Waals surface area contributed by atoms with E-state index in [4.69, 9.17) is 14.6 Å². The summed E-state index contributed by atoms with van der Waals surface area (Å²) in [4.78, 5) is 25.7. The Labute approximate surface area is 197 Å². The number of primary sulfonamides is 1. The number of nitrogens with one attached hydrogen (secondary N) is 2. The lowest BCUT2D eigenvalue weighted by Crippen LogP contribution is -2.30. The summed E-state index contributed by atoms with van der Waals surface area (Å²) >= 11 is 0. The lowest BCUT2D eigenvalue weighted by atomic mass is 10.1. The molecule has 10 heteroatoms. The highest BCUT2D eigenvalue weighted by Gasteiger charge is 2.16. The van der Waals surface area contributed by atoms with Crippen molar-refractivity contribution < 1.29 is 27.5 Å². The molecule has 3 aromatic rings. The molecule has 0 spiro atoms. The predicted octanol–water partition coefficient (Wildman–Crippen LogP) is 2.76. The van der Waals surface area contributed by atoms with Crippen molar-refractivity contribution in [3.63, 3.8) is 0 Å². The summed E-state index contributed by atoms with van der Waals surface area (Å²) in [6, 6.07) is 18.8. The van der Waals surface area contributed by atoms with Gasteiger partial charge in [0.1, 0.15) is 5.70 Å². The molecule has 0 unspecified atom stereocenters. The van der Waals surface area contributed by atoms with E-state index in [0.717, 1.165) is 0 Å². The predicted molar refractivity (Wildman–Crippen MR) is 128 cm³/mol. The highest BCUT2D eigenvalue weighted by molar-refractivity contribution is 7.89. The Balaban J connectivity index is 1.93. The number of anilines is 1. The Kier molecular flexibility index (Phi) is 7.67. The zero-order valence-electron chi connectivity index (χ0n) is 18.4. The number of amides is 2. The summed E-state index contributed by atoms with van der Waals surface area (Å²) in [7, 11) is -0.872. The third-order valence-corrected chi connectivity index (χ3v) is 5.62. The molecule has 4 N–H and O–H groups in total. The molecule has 3 aromatic carbocycles. The Morgan fingerprint density at radius 2 is 1.53 bits per heavy atom. The summed E-state index contributed by atoms with van der Waals surface area (Å²) in [6.07, 6.45) is 1.48.